The van der Waals surface area contributed by atoms with Gasteiger partial charge in [-0.25, -0.2) is 4.79 Å². The molecule has 1 N–H and O–H groups in total. The van der Waals surface area contributed by atoms with Crippen molar-refractivity contribution in [3.63, 3.8) is 0 Å². The first-order chi connectivity index (χ1) is 12.6. The normalized spacial score (nSPS) is 15.7. The first kappa shape index (κ1) is 18.3. The number of para-hydroxylation sites is 1. The predicted molar refractivity (Wildman–Crippen MR) is 108 cm³/mol. The molecule has 0 aromatic heterocycles. The summed E-state index contributed by atoms with van der Waals surface area (Å²) in [6, 6.07) is 16.7. The Hall–Kier alpha value is -2.49. The van der Waals surface area contributed by atoms with Crippen molar-refractivity contribution in [1.82, 2.24) is 10.2 Å². The van der Waals surface area contributed by atoms with Crippen LogP contribution in [0.25, 0.3) is 0 Å². The second-order valence-corrected chi connectivity index (χ2v) is 6.99. The van der Waals surface area contributed by atoms with Gasteiger partial charge < -0.3 is 15.1 Å². The highest BCUT2D eigenvalue weighted by Crippen LogP contribution is 2.26. The summed E-state index contributed by atoms with van der Waals surface area (Å²) >= 11 is 0. The van der Waals surface area contributed by atoms with Crippen molar-refractivity contribution in [2.75, 3.05) is 31.1 Å². The Bertz CT molecular complexity index is 736. The molecule has 0 bridgehead atoms. The highest BCUT2D eigenvalue weighted by Gasteiger charge is 2.24. The van der Waals surface area contributed by atoms with Crippen molar-refractivity contribution in [2.24, 2.45) is 0 Å². The minimum Gasteiger partial charge on any atom is -0.368 e. The van der Waals surface area contributed by atoms with E-state index in [0.29, 0.717) is 0 Å². The zero-order valence-electron chi connectivity index (χ0n) is 16.0. The van der Waals surface area contributed by atoms with Crippen molar-refractivity contribution >= 4 is 11.7 Å². The van der Waals surface area contributed by atoms with Gasteiger partial charge in [-0.05, 0) is 37.0 Å². The van der Waals surface area contributed by atoms with Crippen LogP contribution in [0.1, 0.15) is 36.6 Å². The van der Waals surface area contributed by atoms with Gasteiger partial charge in [-0.15, -0.1) is 0 Å². The average Bonchev–Trinajstić information content (AvgIpc) is 2.68. The SMILES string of the molecule is CCc1cccc(C)c1N1CCN(C(=O)NC(C)c2ccccc2)CC1. The number of hydrogen-bond acceptors (Lipinski definition) is 2. The third-order valence-corrected chi connectivity index (χ3v) is 5.22. The standard InChI is InChI=1S/C22H29N3O/c1-4-19-12-8-9-17(2)21(19)24-13-15-25(16-14-24)22(26)23-18(3)20-10-6-5-7-11-20/h5-12,18H,4,13-16H2,1-3H3,(H,23,26). The summed E-state index contributed by atoms with van der Waals surface area (Å²) in [4.78, 5) is 17.0. The van der Waals surface area contributed by atoms with Crippen LogP contribution in [0.15, 0.2) is 48.5 Å². The van der Waals surface area contributed by atoms with E-state index >= 15 is 0 Å². The van der Waals surface area contributed by atoms with Gasteiger partial charge in [-0.1, -0.05) is 55.5 Å². The van der Waals surface area contributed by atoms with Crippen LogP contribution < -0.4 is 10.2 Å². The molecule has 1 aliphatic heterocycles. The fraction of sp³-hybridized carbons (Fsp3) is 0.409. The van der Waals surface area contributed by atoms with Gasteiger partial charge in [0.2, 0.25) is 0 Å². The van der Waals surface area contributed by atoms with Crippen LogP contribution in [-0.2, 0) is 6.42 Å². The quantitative estimate of drug-likeness (QED) is 0.898. The van der Waals surface area contributed by atoms with Gasteiger partial charge in [-0.2, -0.15) is 0 Å². The number of nitrogens with one attached hydrogen (secondary N) is 1. The Labute approximate surface area is 156 Å². The molecule has 138 valence electrons. The Kier molecular flexibility index (Phi) is 5.82. The molecule has 2 amide bonds. The molecule has 0 radical (unpaired) electrons. The maximum absolute atomic E-state index is 12.6. The molecule has 0 saturated carbocycles. The van der Waals surface area contributed by atoms with Crippen LogP contribution in [-0.4, -0.2) is 37.1 Å². The fourth-order valence-electron chi connectivity index (χ4n) is 3.69. The molecule has 4 heteroatoms. The molecule has 0 spiro atoms. The number of hydrogen-bond donors (Lipinski definition) is 1. The van der Waals surface area contributed by atoms with Crippen molar-refractivity contribution in [2.45, 2.75) is 33.2 Å². The number of urea groups is 1. The van der Waals surface area contributed by atoms with E-state index < -0.39 is 0 Å². The van der Waals surface area contributed by atoms with E-state index in [-0.39, 0.29) is 12.1 Å². The van der Waals surface area contributed by atoms with Crippen LogP contribution in [0.3, 0.4) is 0 Å². The molecule has 2 aromatic carbocycles. The largest absolute Gasteiger partial charge is 0.368 e. The van der Waals surface area contributed by atoms with Crippen LogP contribution >= 0.6 is 0 Å². The van der Waals surface area contributed by atoms with E-state index in [1.165, 1.54) is 16.8 Å². The summed E-state index contributed by atoms with van der Waals surface area (Å²) in [5.41, 5.74) is 5.19. The second-order valence-electron chi connectivity index (χ2n) is 6.99. The van der Waals surface area contributed by atoms with Crippen LogP contribution in [0, 0.1) is 6.92 Å². The Morgan fingerprint density at radius 3 is 2.38 bits per heavy atom. The maximum atomic E-state index is 12.6. The molecule has 1 saturated heterocycles. The van der Waals surface area contributed by atoms with E-state index in [4.69, 9.17) is 0 Å². The van der Waals surface area contributed by atoms with Crippen molar-refractivity contribution in [3.8, 4) is 0 Å². The second kappa shape index (κ2) is 8.26. The Morgan fingerprint density at radius 2 is 1.73 bits per heavy atom. The molecule has 1 aliphatic rings. The van der Waals surface area contributed by atoms with Crippen molar-refractivity contribution in [3.05, 3.63) is 65.2 Å². The minimum atomic E-state index is 0.0183. The monoisotopic (exact) mass is 351 g/mol. The number of aryl methyl sites for hydroxylation is 2. The smallest absolute Gasteiger partial charge is 0.317 e. The molecular weight excluding hydrogens is 322 g/mol. The number of amides is 2. The molecule has 4 nitrogen and oxygen atoms in total. The zero-order valence-corrected chi connectivity index (χ0v) is 16.0. The van der Waals surface area contributed by atoms with Crippen LogP contribution in [0.5, 0.6) is 0 Å². The average molecular weight is 351 g/mol. The van der Waals surface area contributed by atoms with Crippen LogP contribution in [0.4, 0.5) is 10.5 Å². The molecule has 1 unspecified atom stereocenters. The molecule has 3 rings (SSSR count). The van der Waals surface area contributed by atoms with E-state index in [9.17, 15) is 4.79 Å². The lowest BCUT2D eigenvalue weighted by atomic mass is 10.0. The first-order valence-corrected chi connectivity index (χ1v) is 9.54. The van der Waals surface area contributed by atoms with Crippen molar-refractivity contribution < 1.29 is 4.79 Å². The fourth-order valence-corrected chi connectivity index (χ4v) is 3.69. The Balaban J connectivity index is 1.59. The molecule has 26 heavy (non-hydrogen) atoms. The van der Waals surface area contributed by atoms with Gasteiger partial charge in [0, 0.05) is 31.9 Å². The molecule has 1 fully saturated rings. The van der Waals surface area contributed by atoms with E-state index in [2.05, 4.69) is 42.3 Å². The van der Waals surface area contributed by atoms with Crippen molar-refractivity contribution in [1.29, 1.82) is 0 Å². The highest BCUT2D eigenvalue weighted by atomic mass is 16.2. The number of piperazine rings is 1. The lowest BCUT2D eigenvalue weighted by Gasteiger charge is -2.38. The predicted octanol–water partition coefficient (Wildman–Crippen LogP) is 4.15. The topological polar surface area (TPSA) is 35.6 Å². The summed E-state index contributed by atoms with van der Waals surface area (Å²) in [5.74, 6) is 0. The summed E-state index contributed by atoms with van der Waals surface area (Å²) in [5, 5.41) is 3.12. The molecule has 2 aromatic rings. The Morgan fingerprint density at radius 1 is 1.04 bits per heavy atom. The lowest BCUT2D eigenvalue weighted by molar-refractivity contribution is 0.191. The van der Waals surface area contributed by atoms with E-state index in [1.54, 1.807) is 0 Å². The third-order valence-electron chi connectivity index (χ3n) is 5.22. The number of carbonyl (C=O) groups excluding carboxylic acids is 1. The number of nitrogens with zero attached hydrogens (tertiary/aromatic N) is 2. The molecule has 0 aliphatic carbocycles. The van der Waals surface area contributed by atoms with Gasteiger partial charge >= 0.3 is 6.03 Å². The zero-order chi connectivity index (χ0) is 18.5. The van der Waals surface area contributed by atoms with Gasteiger partial charge in [-0.3, -0.25) is 0 Å². The summed E-state index contributed by atoms with van der Waals surface area (Å²) in [7, 11) is 0. The molecular formula is C22H29N3O. The molecule has 1 heterocycles. The summed E-state index contributed by atoms with van der Waals surface area (Å²) in [6.07, 6.45) is 1.03. The first-order valence-electron chi connectivity index (χ1n) is 9.54. The van der Waals surface area contributed by atoms with Gasteiger partial charge in [0.05, 0.1) is 6.04 Å². The lowest BCUT2D eigenvalue weighted by Crippen LogP contribution is -2.52. The highest BCUT2D eigenvalue weighted by molar-refractivity contribution is 5.75. The van der Waals surface area contributed by atoms with Gasteiger partial charge in [0.25, 0.3) is 0 Å². The molecule has 1 atom stereocenters. The summed E-state index contributed by atoms with van der Waals surface area (Å²) < 4.78 is 0. The minimum absolute atomic E-state index is 0.0183. The number of benzene rings is 2. The maximum Gasteiger partial charge on any atom is 0.317 e. The number of carbonyl (C=O) groups is 1. The van der Waals surface area contributed by atoms with Gasteiger partial charge in [0.15, 0.2) is 0 Å². The number of anilines is 1. The van der Waals surface area contributed by atoms with Crippen LogP contribution in [0.2, 0.25) is 0 Å². The number of rotatable bonds is 4. The van der Waals surface area contributed by atoms with Gasteiger partial charge in [0.1, 0.15) is 0 Å². The van der Waals surface area contributed by atoms with E-state index in [0.717, 1.165) is 38.2 Å². The van der Waals surface area contributed by atoms with E-state index in [1.807, 2.05) is 42.2 Å². The summed E-state index contributed by atoms with van der Waals surface area (Å²) in [6.45, 7) is 9.68. The third kappa shape index (κ3) is 4.01.